The minimum atomic E-state index is 0.0560. The van der Waals surface area contributed by atoms with E-state index in [9.17, 15) is 4.79 Å². The Hall–Kier alpha value is -0.530. The van der Waals surface area contributed by atoms with Gasteiger partial charge in [0.25, 0.3) is 0 Å². The van der Waals surface area contributed by atoms with Crippen LogP contribution in [0.15, 0.2) is 0 Å². The zero-order valence-electron chi connectivity index (χ0n) is 10.8. The Morgan fingerprint density at radius 3 is 2.56 bits per heavy atom. The highest BCUT2D eigenvalue weighted by atomic mass is 16.5. The second-order valence-corrected chi connectivity index (χ2v) is 5.08. The van der Waals surface area contributed by atoms with Crippen molar-refractivity contribution in [2.45, 2.75) is 77.7 Å². The second kappa shape index (κ2) is 7.70. The number of ether oxygens (including phenoxy) is 1. The minimum Gasteiger partial charge on any atom is -0.462 e. The number of carbonyl (C=O) groups is 1. The molecular formula is C14H26O2. The summed E-state index contributed by atoms with van der Waals surface area (Å²) in [5.74, 6) is 0.263. The Morgan fingerprint density at radius 2 is 1.94 bits per heavy atom. The van der Waals surface area contributed by atoms with Gasteiger partial charge in [0.2, 0.25) is 0 Å². The summed E-state index contributed by atoms with van der Waals surface area (Å²) < 4.78 is 5.48. The Bertz CT molecular complexity index is 195. The van der Waals surface area contributed by atoms with E-state index >= 15 is 0 Å². The van der Waals surface area contributed by atoms with E-state index in [2.05, 4.69) is 6.92 Å². The number of hydrogen-bond acceptors (Lipinski definition) is 2. The van der Waals surface area contributed by atoms with Gasteiger partial charge >= 0.3 is 5.97 Å². The van der Waals surface area contributed by atoms with E-state index in [-0.39, 0.29) is 18.0 Å². The molecule has 1 rings (SSSR count). The van der Waals surface area contributed by atoms with Crippen molar-refractivity contribution in [2.24, 2.45) is 5.92 Å². The molecule has 16 heavy (non-hydrogen) atoms. The Labute approximate surface area is 99.8 Å². The van der Waals surface area contributed by atoms with Crippen LogP contribution in [0.5, 0.6) is 0 Å². The smallest absolute Gasteiger partial charge is 0.309 e. The largest absolute Gasteiger partial charge is 0.462 e. The third-order valence-electron chi connectivity index (χ3n) is 3.47. The molecule has 0 heterocycles. The van der Waals surface area contributed by atoms with E-state index in [4.69, 9.17) is 4.74 Å². The molecule has 0 aromatic rings. The van der Waals surface area contributed by atoms with Crippen LogP contribution in [0.2, 0.25) is 0 Å². The molecule has 2 heteroatoms. The van der Waals surface area contributed by atoms with Gasteiger partial charge in [-0.1, -0.05) is 39.0 Å². The van der Waals surface area contributed by atoms with Crippen LogP contribution in [0.3, 0.4) is 0 Å². The minimum absolute atomic E-state index is 0.0560. The SMILES string of the molecule is CCCCCCC(C)OC(=O)C1CCCC1. The molecule has 0 aliphatic heterocycles. The number of hydrogen-bond donors (Lipinski definition) is 0. The summed E-state index contributed by atoms with van der Waals surface area (Å²) in [5, 5.41) is 0. The number of unbranched alkanes of at least 4 members (excludes halogenated alkanes) is 3. The molecule has 1 aliphatic carbocycles. The lowest BCUT2D eigenvalue weighted by Gasteiger charge is -2.16. The van der Waals surface area contributed by atoms with Crippen molar-refractivity contribution in [3.8, 4) is 0 Å². The van der Waals surface area contributed by atoms with Gasteiger partial charge in [-0.05, 0) is 32.6 Å². The van der Waals surface area contributed by atoms with Crippen molar-refractivity contribution in [3.05, 3.63) is 0 Å². The van der Waals surface area contributed by atoms with Crippen molar-refractivity contribution in [1.82, 2.24) is 0 Å². The van der Waals surface area contributed by atoms with E-state index in [1.54, 1.807) is 0 Å². The number of rotatable bonds is 7. The Morgan fingerprint density at radius 1 is 1.25 bits per heavy atom. The topological polar surface area (TPSA) is 26.3 Å². The van der Waals surface area contributed by atoms with E-state index in [1.165, 1.54) is 38.5 Å². The first-order valence-electron chi connectivity index (χ1n) is 6.94. The summed E-state index contributed by atoms with van der Waals surface area (Å²) in [6, 6.07) is 0. The third-order valence-corrected chi connectivity index (χ3v) is 3.47. The maximum absolute atomic E-state index is 11.7. The van der Waals surface area contributed by atoms with Crippen molar-refractivity contribution in [2.75, 3.05) is 0 Å². The van der Waals surface area contributed by atoms with Gasteiger partial charge in [0, 0.05) is 0 Å². The zero-order valence-corrected chi connectivity index (χ0v) is 10.8. The van der Waals surface area contributed by atoms with Crippen molar-refractivity contribution in [1.29, 1.82) is 0 Å². The summed E-state index contributed by atoms with van der Waals surface area (Å²) in [4.78, 5) is 11.7. The molecule has 2 nitrogen and oxygen atoms in total. The fourth-order valence-electron chi connectivity index (χ4n) is 2.37. The summed E-state index contributed by atoms with van der Waals surface area (Å²) in [6.07, 6.45) is 10.6. The first-order chi connectivity index (χ1) is 7.74. The molecule has 0 aromatic carbocycles. The fourth-order valence-corrected chi connectivity index (χ4v) is 2.37. The first-order valence-corrected chi connectivity index (χ1v) is 6.94. The van der Waals surface area contributed by atoms with Gasteiger partial charge in [-0.3, -0.25) is 4.79 Å². The molecule has 0 bridgehead atoms. The monoisotopic (exact) mass is 226 g/mol. The molecule has 0 saturated heterocycles. The molecule has 1 unspecified atom stereocenters. The first kappa shape index (κ1) is 13.5. The molecule has 0 radical (unpaired) electrons. The highest BCUT2D eigenvalue weighted by Crippen LogP contribution is 2.26. The van der Waals surface area contributed by atoms with Gasteiger partial charge in [0.05, 0.1) is 12.0 Å². The van der Waals surface area contributed by atoms with Crippen LogP contribution in [0.4, 0.5) is 0 Å². The zero-order chi connectivity index (χ0) is 11.8. The fraction of sp³-hybridized carbons (Fsp3) is 0.929. The van der Waals surface area contributed by atoms with E-state index in [1.807, 2.05) is 6.92 Å². The molecule has 1 saturated carbocycles. The van der Waals surface area contributed by atoms with E-state index in [0.29, 0.717) is 0 Å². The van der Waals surface area contributed by atoms with Crippen molar-refractivity contribution in [3.63, 3.8) is 0 Å². The number of esters is 1. The average molecular weight is 226 g/mol. The van der Waals surface area contributed by atoms with E-state index in [0.717, 1.165) is 19.3 Å². The predicted molar refractivity (Wildman–Crippen MR) is 66.3 cm³/mol. The molecule has 1 fully saturated rings. The highest BCUT2D eigenvalue weighted by Gasteiger charge is 2.25. The van der Waals surface area contributed by atoms with Crippen LogP contribution in [0, 0.1) is 5.92 Å². The molecule has 0 spiro atoms. The van der Waals surface area contributed by atoms with E-state index < -0.39 is 0 Å². The Balaban J connectivity index is 2.08. The predicted octanol–water partition coefficient (Wildman–Crippen LogP) is 4.08. The van der Waals surface area contributed by atoms with Crippen LogP contribution < -0.4 is 0 Å². The van der Waals surface area contributed by atoms with Crippen LogP contribution in [0.25, 0.3) is 0 Å². The van der Waals surface area contributed by atoms with Crippen LogP contribution in [-0.2, 0) is 9.53 Å². The molecule has 1 aliphatic rings. The third kappa shape index (κ3) is 5.00. The molecular weight excluding hydrogens is 200 g/mol. The van der Waals surface area contributed by atoms with Gasteiger partial charge in [0.15, 0.2) is 0 Å². The maximum atomic E-state index is 11.7. The second-order valence-electron chi connectivity index (χ2n) is 5.08. The van der Waals surface area contributed by atoms with Gasteiger partial charge in [0.1, 0.15) is 0 Å². The number of carbonyl (C=O) groups excluding carboxylic acids is 1. The van der Waals surface area contributed by atoms with Crippen LogP contribution in [-0.4, -0.2) is 12.1 Å². The van der Waals surface area contributed by atoms with Crippen molar-refractivity contribution < 1.29 is 9.53 Å². The lowest BCUT2D eigenvalue weighted by Crippen LogP contribution is -2.20. The summed E-state index contributed by atoms with van der Waals surface area (Å²) in [6.45, 7) is 4.24. The summed E-state index contributed by atoms with van der Waals surface area (Å²) in [5.41, 5.74) is 0. The lowest BCUT2D eigenvalue weighted by atomic mass is 10.1. The average Bonchev–Trinajstić information content (AvgIpc) is 2.77. The van der Waals surface area contributed by atoms with Crippen molar-refractivity contribution >= 4 is 5.97 Å². The van der Waals surface area contributed by atoms with Gasteiger partial charge in [-0.25, -0.2) is 0 Å². The quantitative estimate of drug-likeness (QED) is 0.483. The highest BCUT2D eigenvalue weighted by molar-refractivity contribution is 5.72. The summed E-state index contributed by atoms with van der Waals surface area (Å²) in [7, 11) is 0. The molecule has 94 valence electrons. The van der Waals surface area contributed by atoms with Gasteiger partial charge in [-0.15, -0.1) is 0 Å². The molecule has 0 N–H and O–H groups in total. The van der Waals surface area contributed by atoms with Crippen LogP contribution in [0.1, 0.15) is 71.6 Å². The molecule has 0 amide bonds. The lowest BCUT2D eigenvalue weighted by molar-refractivity contribution is -0.153. The molecule has 0 aromatic heterocycles. The maximum Gasteiger partial charge on any atom is 0.309 e. The Kier molecular flexibility index (Phi) is 6.51. The standard InChI is InChI=1S/C14H26O2/c1-3-4-5-6-9-12(2)16-14(15)13-10-7-8-11-13/h12-13H,3-11H2,1-2H3. The van der Waals surface area contributed by atoms with Gasteiger partial charge < -0.3 is 4.74 Å². The van der Waals surface area contributed by atoms with Gasteiger partial charge in [-0.2, -0.15) is 0 Å². The normalized spacial score (nSPS) is 18.6. The molecule has 1 atom stereocenters. The summed E-state index contributed by atoms with van der Waals surface area (Å²) >= 11 is 0. The van der Waals surface area contributed by atoms with Crippen LogP contribution >= 0.6 is 0 Å².